The summed E-state index contributed by atoms with van der Waals surface area (Å²) in [6.07, 6.45) is 3.63. The molecule has 5 heterocycles. The van der Waals surface area contributed by atoms with Crippen molar-refractivity contribution in [3.8, 4) is 39.9 Å². The molecule has 0 saturated carbocycles. The average molecular weight is 930 g/mol. The Bertz CT molecular complexity index is 4220. The number of thiophene rings is 1. The number of benzene rings is 9. The van der Waals surface area contributed by atoms with Crippen molar-refractivity contribution in [2.24, 2.45) is 0 Å². The van der Waals surface area contributed by atoms with Gasteiger partial charge in [-0.15, -0.1) is 11.3 Å². The maximum Gasteiger partial charge on any atom is 0.238 e. The minimum Gasteiger partial charge on any atom is -0.456 e. The number of hydrogen-bond acceptors (Lipinski definition) is 6. The Balaban J connectivity index is 1.05. The van der Waals surface area contributed by atoms with Crippen LogP contribution in [-0.2, 0) is 0 Å². The van der Waals surface area contributed by atoms with Crippen LogP contribution in [0.5, 0.6) is 0 Å². The molecule has 0 amide bonds. The standard InChI is InChI=1S/C62H39N5OSSi/c1-4-19-41(20-5-1)70(42-21-6-2-7-22-42,43-23-8-3-9-24-43)44-25-14-18-40(38-44)60-64-61(50-31-17-34-55-58(50)51-39-63-37-36-54(51)68-55)66-62(65-60)67-52-32-12-10-27-49(52)57-46(28-16-33-53(57)67)48-30-15-29-47-45-26-11-13-35-56(45)69-59(47)48/h1-39H. The fourth-order valence-electron chi connectivity index (χ4n) is 10.9. The zero-order valence-electron chi connectivity index (χ0n) is 37.6. The van der Waals surface area contributed by atoms with E-state index in [1.807, 2.05) is 35.7 Å². The van der Waals surface area contributed by atoms with Crippen molar-refractivity contribution in [1.82, 2.24) is 24.5 Å². The monoisotopic (exact) mass is 929 g/mol. The largest absolute Gasteiger partial charge is 0.456 e. The van der Waals surface area contributed by atoms with E-state index >= 15 is 0 Å². The van der Waals surface area contributed by atoms with Gasteiger partial charge in [-0.25, -0.2) is 4.98 Å². The van der Waals surface area contributed by atoms with Gasteiger partial charge in [-0.05, 0) is 56.6 Å². The first-order valence-corrected chi connectivity index (χ1v) is 26.3. The van der Waals surface area contributed by atoms with E-state index in [0.29, 0.717) is 17.6 Å². The van der Waals surface area contributed by atoms with Gasteiger partial charge in [-0.3, -0.25) is 9.55 Å². The summed E-state index contributed by atoms with van der Waals surface area (Å²) in [6, 6.07) is 80.6. The third-order valence-corrected chi connectivity index (χ3v) is 19.9. The van der Waals surface area contributed by atoms with Gasteiger partial charge in [0.15, 0.2) is 19.7 Å². The van der Waals surface area contributed by atoms with Crippen molar-refractivity contribution >= 4 is 104 Å². The van der Waals surface area contributed by atoms with Crippen LogP contribution < -0.4 is 20.7 Å². The predicted molar refractivity (Wildman–Crippen MR) is 292 cm³/mol. The first-order chi connectivity index (χ1) is 34.7. The summed E-state index contributed by atoms with van der Waals surface area (Å²) in [5.74, 6) is 1.63. The van der Waals surface area contributed by atoms with Crippen molar-refractivity contribution < 1.29 is 4.42 Å². The summed E-state index contributed by atoms with van der Waals surface area (Å²) in [4.78, 5) is 21.0. The zero-order valence-corrected chi connectivity index (χ0v) is 39.4. The highest BCUT2D eigenvalue weighted by Crippen LogP contribution is 2.45. The van der Waals surface area contributed by atoms with E-state index in [1.165, 1.54) is 46.5 Å². The highest BCUT2D eigenvalue weighted by Gasteiger charge is 2.41. The Morgan fingerprint density at radius 2 is 1.01 bits per heavy atom. The van der Waals surface area contributed by atoms with Gasteiger partial charge < -0.3 is 4.42 Å². The Morgan fingerprint density at radius 1 is 0.414 bits per heavy atom. The van der Waals surface area contributed by atoms with Crippen molar-refractivity contribution in [1.29, 1.82) is 0 Å². The lowest BCUT2D eigenvalue weighted by Gasteiger charge is -2.34. The van der Waals surface area contributed by atoms with Gasteiger partial charge in [0.05, 0.1) is 11.0 Å². The smallest absolute Gasteiger partial charge is 0.238 e. The number of rotatable bonds is 8. The molecule has 0 saturated heterocycles. The van der Waals surface area contributed by atoms with Crippen LogP contribution in [-0.4, -0.2) is 32.6 Å². The quantitative estimate of drug-likeness (QED) is 0.112. The Hall–Kier alpha value is -8.82. The molecule has 70 heavy (non-hydrogen) atoms. The third kappa shape index (κ3) is 6.17. The van der Waals surface area contributed by atoms with E-state index in [9.17, 15) is 0 Å². The maximum absolute atomic E-state index is 6.42. The van der Waals surface area contributed by atoms with Crippen LogP contribution in [0.2, 0.25) is 0 Å². The SMILES string of the molecule is c1ccc([Si](c2ccccc2)(c2ccccc2)c2cccc(-c3nc(-c4cccc5oc6ccncc6c45)nc(-n4c5ccccc5c5c(-c6cccc7c6sc6ccccc67)cccc54)n3)c2)cc1. The predicted octanol–water partition coefficient (Wildman–Crippen LogP) is 13.0. The topological polar surface area (TPSA) is 69.6 Å². The van der Waals surface area contributed by atoms with Crippen molar-refractivity contribution in [3.63, 3.8) is 0 Å². The van der Waals surface area contributed by atoms with E-state index in [4.69, 9.17) is 19.4 Å². The molecule has 9 aromatic carbocycles. The minimum atomic E-state index is -2.90. The molecule has 14 aromatic rings. The molecule has 328 valence electrons. The fraction of sp³-hybridized carbons (Fsp3) is 0. The van der Waals surface area contributed by atoms with E-state index in [-0.39, 0.29) is 0 Å². The molecule has 0 spiro atoms. The van der Waals surface area contributed by atoms with Gasteiger partial charge in [0.2, 0.25) is 5.95 Å². The van der Waals surface area contributed by atoms with Gasteiger partial charge in [-0.2, -0.15) is 9.97 Å². The van der Waals surface area contributed by atoms with Crippen LogP contribution in [0, 0.1) is 0 Å². The van der Waals surface area contributed by atoms with Gasteiger partial charge in [0.1, 0.15) is 11.2 Å². The Kier molecular flexibility index (Phi) is 9.30. The van der Waals surface area contributed by atoms with Crippen LogP contribution in [0.25, 0.3) is 104 Å². The van der Waals surface area contributed by atoms with Crippen LogP contribution >= 0.6 is 11.3 Å². The molecule has 0 unspecified atom stereocenters. The average Bonchev–Trinajstić information content (AvgIpc) is 4.12. The fourth-order valence-corrected chi connectivity index (χ4v) is 17.0. The third-order valence-electron chi connectivity index (χ3n) is 13.9. The number of fused-ring (bicyclic) bond motifs is 9. The minimum absolute atomic E-state index is 0.523. The number of hydrogen-bond donors (Lipinski definition) is 0. The highest BCUT2D eigenvalue weighted by molar-refractivity contribution is 7.26. The first-order valence-electron chi connectivity index (χ1n) is 23.4. The first kappa shape index (κ1) is 40.3. The lowest BCUT2D eigenvalue weighted by molar-refractivity contribution is 0.668. The zero-order chi connectivity index (χ0) is 46.2. The van der Waals surface area contributed by atoms with Gasteiger partial charge >= 0.3 is 0 Å². The van der Waals surface area contributed by atoms with Gasteiger partial charge in [0, 0.05) is 70.8 Å². The molecule has 0 radical (unpaired) electrons. The lowest BCUT2D eigenvalue weighted by atomic mass is 9.98. The number of pyridine rings is 1. The molecule has 0 fully saturated rings. The molecule has 0 aliphatic heterocycles. The highest BCUT2D eigenvalue weighted by atomic mass is 32.1. The molecule has 0 N–H and O–H groups in total. The lowest BCUT2D eigenvalue weighted by Crippen LogP contribution is -2.74. The molecule has 0 atom stereocenters. The summed E-state index contributed by atoms with van der Waals surface area (Å²) in [6.45, 7) is 0. The number of aromatic nitrogens is 5. The molecule has 0 bridgehead atoms. The van der Waals surface area contributed by atoms with E-state index < -0.39 is 8.07 Å². The van der Waals surface area contributed by atoms with E-state index in [2.05, 4.69) is 216 Å². The summed E-state index contributed by atoms with van der Waals surface area (Å²) in [7, 11) is -2.90. The number of nitrogens with zero attached hydrogens (tertiary/aromatic N) is 5. The summed E-state index contributed by atoms with van der Waals surface area (Å²) in [5, 5.41) is 11.7. The molecule has 0 aliphatic rings. The van der Waals surface area contributed by atoms with Crippen LogP contribution in [0.4, 0.5) is 0 Å². The van der Waals surface area contributed by atoms with Gasteiger partial charge in [0.25, 0.3) is 0 Å². The van der Waals surface area contributed by atoms with Crippen molar-refractivity contribution in [3.05, 3.63) is 237 Å². The molecular formula is C62H39N5OSSi. The second-order valence-electron chi connectivity index (χ2n) is 17.7. The van der Waals surface area contributed by atoms with Crippen LogP contribution in [0.15, 0.2) is 241 Å². The van der Waals surface area contributed by atoms with Crippen molar-refractivity contribution in [2.75, 3.05) is 0 Å². The van der Waals surface area contributed by atoms with E-state index in [0.717, 1.165) is 60.4 Å². The molecule has 14 rings (SSSR count). The Labute approximate surface area is 407 Å². The Morgan fingerprint density at radius 3 is 1.80 bits per heavy atom. The second kappa shape index (κ2) is 16.2. The number of furan rings is 1. The molecular weight excluding hydrogens is 891 g/mol. The molecule has 5 aromatic heterocycles. The normalized spacial score (nSPS) is 12.0. The maximum atomic E-state index is 6.42. The van der Waals surface area contributed by atoms with Crippen molar-refractivity contribution in [2.45, 2.75) is 0 Å². The molecule has 0 aliphatic carbocycles. The summed E-state index contributed by atoms with van der Waals surface area (Å²) in [5.41, 5.74) is 7.61. The van der Waals surface area contributed by atoms with Gasteiger partial charge in [-0.1, -0.05) is 194 Å². The second-order valence-corrected chi connectivity index (χ2v) is 22.6. The van der Waals surface area contributed by atoms with E-state index in [1.54, 1.807) is 6.20 Å². The molecule has 6 nitrogen and oxygen atoms in total. The van der Waals surface area contributed by atoms with Crippen LogP contribution in [0.1, 0.15) is 0 Å². The van der Waals surface area contributed by atoms with Crippen LogP contribution in [0.3, 0.4) is 0 Å². The summed E-state index contributed by atoms with van der Waals surface area (Å²) < 4.78 is 11.2. The molecule has 8 heteroatoms. The summed E-state index contributed by atoms with van der Waals surface area (Å²) >= 11 is 1.85. The number of para-hydroxylation sites is 1.